The van der Waals surface area contributed by atoms with Gasteiger partial charge in [0, 0.05) is 32.6 Å². The van der Waals surface area contributed by atoms with Crippen molar-refractivity contribution in [2.75, 3.05) is 12.0 Å². The lowest BCUT2D eigenvalue weighted by Crippen LogP contribution is -2.56. The van der Waals surface area contributed by atoms with Crippen molar-refractivity contribution in [1.29, 1.82) is 0 Å². The van der Waals surface area contributed by atoms with Gasteiger partial charge in [0.1, 0.15) is 17.9 Å². The molecule has 6 N–H and O–H groups in total. The number of nitrogens with zero attached hydrogens (tertiary/aromatic N) is 2. The molecule has 0 radical (unpaired) electrons. The summed E-state index contributed by atoms with van der Waals surface area (Å²) in [5.74, 6) is -4.30. The minimum absolute atomic E-state index is 0.163. The molecule has 0 aliphatic heterocycles. The monoisotopic (exact) mass is 647 g/mol. The molecule has 0 spiro atoms. The average Bonchev–Trinajstić information content (AvgIpc) is 3.32. The van der Waals surface area contributed by atoms with E-state index in [9.17, 15) is 34.2 Å². The molecule has 1 aromatic carbocycles. The van der Waals surface area contributed by atoms with Crippen molar-refractivity contribution in [2.24, 2.45) is 18.9 Å². The maximum atomic E-state index is 13.5. The number of carboxylic acids is 3. The molecule has 1 heterocycles. The van der Waals surface area contributed by atoms with E-state index in [1.807, 2.05) is 55.0 Å². The number of aliphatic carboxylic acids is 3. The molecule has 0 fully saturated rings. The van der Waals surface area contributed by atoms with Crippen molar-refractivity contribution in [1.82, 2.24) is 25.5 Å². The Hall–Kier alpha value is -3.91. The number of hydrogen-bond donors (Lipinski definition) is 6. The molecule has 13 nitrogen and oxygen atoms in total. The Bertz CT molecular complexity index is 1290. The number of rotatable bonds is 21. The van der Waals surface area contributed by atoms with E-state index in [4.69, 9.17) is 5.11 Å². The lowest BCUT2D eigenvalue weighted by molar-refractivity contribution is -0.148. The minimum Gasteiger partial charge on any atom is -0.481 e. The zero-order valence-electron chi connectivity index (χ0n) is 26.2. The number of carboxylic acid groups (broad SMARTS) is 3. The molecular weight excluding hydrogens is 602 g/mol. The van der Waals surface area contributed by atoms with Gasteiger partial charge in [0.05, 0.1) is 24.1 Å². The van der Waals surface area contributed by atoms with Crippen LogP contribution in [0.25, 0.3) is 0 Å². The Morgan fingerprint density at radius 3 is 2.18 bits per heavy atom. The summed E-state index contributed by atoms with van der Waals surface area (Å²) in [6, 6.07) is 6.38. The first-order chi connectivity index (χ1) is 21.3. The molecule has 0 bridgehead atoms. The standard InChI is InChI=1S/C31H45N5O8S/c1-19(2)27(32-17-22-18-36(3)25(33-22)12-8-11-21(30(41)42)16-26(37)38)29(40)35-24(15-20-9-6-5-7-10-20)28(39)34-23(31(43)44)13-14-45-4/h5-7,9-10,18-19,21,23-24,27,32H,8,11-17H2,1-4H3,(H,34,39)(H,35,40)(H,37,38)(H,41,42)(H,43,44)/t21-,23+,24+,27+/m1/s1. The molecule has 0 aliphatic rings. The van der Waals surface area contributed by atoms with E-state index in [-0.39, 0.29) is 31.7 Å². The number of nitrogens with one attached hydrogen (secondary N) is 3. The van der Waals surface area contributed by atoms with Crippen LogP contribution in [0.1, 0.15) is 56.6 Å². The fraction of sp³-hybridized carbons (Fsp3) is 0.548. The first-order valence-corrected chi connectivity index (χ1v) is 16.3. The van der Waals surface area contributed by atoms with Crippen LogP contribution in [-0.4, -0.2) is 84.7 Å². The van der Waals surface area contributed by atoms with Gasteiger partial charge in [-0.3, -0.25) is 24.5 Å². The number of carbonyl (C=O) groups excluding carboxylic acids is 2. The Morgan fingerprint density at radius 1 is 0.933 bits per heavy atom. The van der Waals surface area contributed by atoms with E-state index in [0.29, 0.717) is 30.1 Å². The summed E-state index contributed by atoms with van der Waals surface area (Å²) in [5, 5.41) is 36.5. The van der Waals surface area contributed by atoms with Gasteiger partial charge in [0.25, 0.3) is 0 Å². The van der Waals surface area contributed by atoms with Gasteiger partial charge in [-0.15, -0.1) is 0 Å². The van der Waals surface area contributed by atoms with Gasteiger partial charge in [-0.2, -0.15) is 11.8 Å². The number of benzene rings is 1. The summed E-state index contributed by atoms with van der Waals surface area (Å²) in [4.78, 5) is 65.5. The lowest BCUT2D eigenvalue weighted by Gasteiger charge is -2.26. The van der Waals surface area contributed by atoms with Crippen LogP contribution in [0.3, 0.4) is 0 Å². The predicted molar refractivity (Wildman–Crippen MR) is 170 cm³/mol. The Morgan fingerprint density at radius 2 is 1.60 bits per heavy atom. The molecule has 45 heavy (non-hydrogen) atoms. The van der Waals surface area contributed by atoms with Crippen LogP contribution in [0.5, 0.6) is 0 Å². The molecule has 0 saturated heterocycles. The van der Waals surface area contributed by atoms with Gasteiger partial charge in [-0.25, -0.2) is 9.78 Å². The number of amides is 2. The third-order valence-electron chi connectivity index (χ3n) is 7.34. The van der Waals surface area contributed by atoms with Crippen molar-refractivity contribution < 1.29 is 39.3 Å². The largest absolute Gasteiger partial charge is 0.481 e. The quantitative estimate of drug-likeness (QED) is 0.116. The highest BCUT2D eigenvalue weighted by molar-refractivity contribution is 7.98. The predicted octanol–water partition coefficient (Wildman–Crippen LogP) is 2.08. The van der Waals surface area contributed by atoms with Crippen molar-refractivity contribution >= 4 is 41.5 Å². The smallest absolute Gasteiger partial charge is 0.326 e. The Labute approximate surface area is 267 Å². The van der Waals surface area contributed by atoms with E-state index in [1.165, 1.54) is 11.8 Å². The molecule has 2 aromatic rings. The third kappa shape index (κ3) is 12.9. The van der Waals surface area contributed by atoms with Crippen molar-refractivity contribution in [3.63, 3.8) is 0 Å². The number of hydrogen-bond acceptors (Lipinski definition) is 8. The summed E-state index contributed by atoms with van der Waals surface area (Å²) < 4.78 is 1.81. The van der Waals surface area contributed by atoms with E-state index in [0.717, 1.165) is 5.56 Å². The molecule has 0 aliphatic carbocycles. The summed E-state index contributed by atoms with van der Waals surface area (Å²) in [6.45, 7) is 3.98. The molecule has 0 saturated carbocycles. The van der Waals surface area contributed by atoms with E-state index >= 15 is 0 Å². The number of thioether (sulfide) groups is 1. The fourth-order valence-electron chi connectivity index (χ4n) is 4.85. The van der Waals surface area contributed by atoms with Crippen LogP contribution in [0.2, 0.25) is 0 Å². The molecule has 248 valence electrons. The highest BCUT2D eigenvalue weighted by Crippen LogP contribution is 2.15. The highest BCUT2D eigenvalue weighted by atomic mass is 32.2. The molecule has 0 unspecified atom stereocenters. The van der Waals surface area contributed by atoms with Gasteiger partial charge in [0.15, 0.2) is 0 Å². The molecular formula is C31H45N5O8S. The van der Waals surface area contributed by atoms with E-state index in [2.05, 4.69) is 20.9 Å². The normalized spacial score (nSPS) is 13.9. The summed E-state index contributed by atoms with van der Waals surface area (Å²) >= 11 is 1.48. The molecule has 14 heteroatoms. The Balaban J connectivity index is 2.09. The maximum Gasteiger partial charge on any atom is 0.326 e. The van der Waals surface area contributed by atoms with Crippen LogP contribution in [0.15, 0.2) is 36.5 Å². The van der Waals surface area contributed by atoms with Gasteiger partial charge in [-0.05, 0) is 42.8 Å². The number of aryl methyl sites for hydroxylation is 2. The van der Waals surface area contributed by atoms with Gasteiger partial charge in [0.2, 0.25) is 11.8 Å². The third-order valence-corrected chi connectivity index (χ3v) is 7.98. The SMILES string of the molecule is CSCC[C@H](NC(=O)[C@H](Cc1ccccc1)NC(=O)[C@@H](NCc1cn(C)c(CCC[C@H](CC(=O)O)C(=O)O)n1)C(C)C)C(=O)O. The summed E-state index contributed by atoms with van der Waals surface area (Å²) in [6.07, 6.45) is 4.76. The van der Waals surface area contributed by atoms with Gasteiger partial charge in [-0.1, -0.05) is 44.2 Å². The van der Waals surface area contributed by atoms with Crippen molar-refractivity contribution in [3.8, 4) is 0 Å². The lowest BCUT2D eigenvalue weighted by atomic mass is 9.98. The van der Waals surface area contributed by atoms with Crippen LogP contribution in [-0.2, 0) is 50.4 Å². The molecule has 2 amide bonds. The van der Waals surface area contributed by atoms with Crippen LogP contribution < -0.4 is 16.0 Å². The number of imidazole rings is 1. The van der Waals surface area contributed by atoms with Gasteiger partial charge >= 0.3 is 17.9 Å². The Kier molecular flexibility index (Phi) is 15.6. The van der Waals surface area contributed by atoms with Crippen LogP contribution >= 0.6 is 11.8 Å². The molecule has 4 atom stereocenters. The van der Waals surface area contributed by atoms with Crippen molar-refractivity contribution in [3.05, 3.63) is 53.6 Å². The van der Waals surface area contributed by atoms with Crippen molar-refractivity contribution in [2.45, 2.75) is 77.0 Å². The second-order valence-corrected chi connectivity index (χ2v) is 12.3. The fourth-order valence-corrected chi connectivity index (χ4v) is 5.32. The van der Waals surface area contributed by atoms with Crippen LogP contribution in [0.4, 0.5) is 0 Å². The second kappa shape index (κ2) is 18.8. The second-order valence-electron chi connectivity index (χ2n) is 11.3. The van der Waals surface area contributed by atoms with Gasteiger partial charge < -0.3 is 30.5 Å². The first kappa shape index (κ1) is 37.3. The zero-order chi connectivity index (χ0) is 33.5. The van der Waals surface area contributed by atoms with E-state index in [1.54, 1.807) is 13.2 Å². The van der Waals surface area contributed by atoms with E-state index < -0.39 is 60.2 Å². The first-order valence-electron chi connectivity index (χ1n) is 14.9. The zero-order valence-corrected chi connectivity index (χ0v) is 27.0. The number of carbonyl (C=O) groups is 5. The summed E-state index contributed by atoms with van der Waals surface area (Å²) in [5.41, 5.74) is 1.46. The summed E-state index contributed by atoms with van der Waals surface area (Å²) in [7, 11) is 1.81. The molecule has 1 aromatic heterocycles. The minimum atomic E-state index is -1.15. The number of aromatic nitrogens is 2. The maximum absolute atomic E-state index is 13.5. The van der Waals surface area contributed by atoms with Crippen LogP contribution in [0, 0.1) is 11.8 Å². The molecule has 2 rings (SSSR count). The highest BCUT2D eigenvalue weighted by Gasteiger charge is 2.30. The topological polar surface area (TPSA) is 200 Å². The average molecular weight is 648 g/mol.